The number of carbonyl (C=O) groups excluding carboxylic acids is 10. The average molecular weight is 1970 g/mol. The van der Waals surface area contributed by atoms with Crippen molar-refractivity contribution in [3.05, 3.63) is 170 Å². The zero-order valence-electron chi connectivity index (χ0n) is 78.2. The minimum Gasteiger partial charge on any atom is -0.756 e. The molecule has 8 bridgehead atoms. The van der Waals surface area contributed by atoms with Crippen LogP contribution in [0.3, 0.4) is 0 Å². The average Bonchev–Trinajstić information content (AvgIpc) is 1.52. The van der Waals surface area contributed by atoms with Crippen LogP contribution in [0.1, 0.15) is 193 Å². The summed E-state index contributed by atoms with van der Waals surface area (Å²) in [6.07, 6.45) is -5.39. The van der Waals surface area contributed by atoms with E-state index in [-0.39, 0.29) is 168 Å². The topological polar surface area (TPSA) is 661 Å². The molecule has 4 aromatic carbocycles. The number of aryl methyl sites for hydroxylation is 2. The number of phenolic OH excluding ortho intramolecular Hbond substituents is 2. The van der Waals surface area contributed by atoms with Gasteiger partial charge in [-0.3, -0.25) is 57.9 Å². The summed E-state index contributed by atoms with van der Waals surface area (Å²) in [7, 11) is -5.55. The first-order valence-corrected chi connectivity index (χ1v) is 46.4. The van der Waals surface area contributed by atoms with Crippen molar-refractivity contribution < 1.29 is 127 Å². The molecule has 138 heavy (non-hydrogen) atoms. The van der Waals surface area contributed by atoms with Gasteiger partial charge in [0, 0.05) is 149 Å². The van der Waals surface area contributed by atoms with E-state index in [2.05, 4.69) is 31.2 Å². The Kier molecular flexibility index (Phi) is 31.4. The summed E-state index contributed by atoms with van der Waals surface area (Å²) in [6.45, 7) is 24.1. The van der Waals surface area contributed by atoms with E-state index in [1.165, 1.54) is 58.9 Å². The standard InChI is InChI=1S/C93H117N18O23P.CN.Co/c1-46-32-64-65(33-47(46)2)111(45-103-64)85-79(121)80(68(131-85)44-129-87(124)100-26-28-127-30-31-128-29-27-110-43-52(108-109-110)42-102-84(122)51-12-15-55-61(34-51)93(132-86(55)123)57-16-13-53(112)35-66(57)130-67-36-54(113)14-17-58(67)93)134-135(125,126)133-48(3)41-101-76(120)24-25-89(8)62(37-73(97)117)83-92(11)91(10,40-75(99)119)60(20-23-72(96)116)78(107-92)50(5)82-90(9,39-74(98)118)56(18-21-70(94)114)63(104-82)38-69-88(6,7)59(19-22-71(95)115)77(105-69)49(4)81(89)106-83;1-2;/h12-17,32-36,38,43,45,48,56,59-60,62,68,79-80,83,85,121H,18-31,37,39-42,44H2,1-11H3,(H19,94,95,96,97,98,99,100,101,102,104,105,106,107,112,113,114,115,116,117,118,119,120,122,124,125,126);;/q;-1;+3/p-2/t48-,56-,59-,60-,62+,68-,79-,80-,83-,85+,89-,90+,91+,92+;;/m1../s1. The van der Waals surface area contributed by atoms with Crippen LogP contribution in [-0.2, 0) is 106 Å². The number of aliphatic hydroxyl groups is 1. The largest absolute Gasteiger partial charge is 3.00 e. The molecule has 2 fully saturated rings. The number of primary amides is 6. The smallest absolute Gasteiger partial charge is 0.756 e. The molecule has 14 rings (SSSR count). The predicted molar refractivity (Wildman–Crippen MR) is 490 cm³/mol. The number of benzene rings is 4. The normalized spacial score (nSPS) is 26.9. The zero-order chi connectivity index (χ0) is 99.7. The Hall–Kier alpha value is -12.6. The van der Waals surface area contributed by atoms with Crippen molar-refractivity contribution in [2.24, 2.45) is 94.7 Å². The van der Waals surface area contributed by atoms with E-state index < -0.39 is 173 Å². The summed E-state index contributed by atoms with van der Waals surface area (Å²) in [5.74, 6) is -8.80. The summed E-state index contributed by atoms with van der Waals surface area (Å²) in [5.41, 5.74) is 36.6. The van der Waals surface area contributed by atoms with Crippen LogP contribution in [0.4, 0.5) is 4.79 Å². The van der Waals surface area contributed by atoms with Crippen molar-refractivity contribution in [2.75, 3.05) is 46.1 Å². The van der Waals surface area contributed by atoms with Gasteiger partial charge in [0.05, 0.1) is 86.0 Å². The number of fused-ring (bicyclic) bond motifs is 13. The number of esters is 1. The number of hydrogen-bond donors (Lipinski definition) is 12. The van der Waals surface area contributed by atoms with Crippen LogP contribution in [0.15, 0.2) is 129 Å². The molecular formula is C94H115CoN19O23P. The maximum atomic E-state index is 14.7. The molecule has 15 atom stereocenters. The Morgan fingerprint density at radius 2 is 1.35 bits per heavy atom. The Morgan fingerprint density at radius 1 is 0.717 bits per heavy atom. The monoisotopic (exact) mass is 1970 g/mol. The van der Waals surface area contributed by atoms with Gasteiger partial charge in [0.1, 0.15) is 53.6 Å². The molecule has 8 aliphatic heterocycles. The number of phosphoric acid groups is 1. The number of carbonyl (C=O) groups is 10. The number of ether oxygens (including phenoxy) is 6. The molecule has 0 aliphatic carbocycles. The quantitative estimate of drug-likeness (QED) is 0.00862. The zero-order valence-corrected chi connectivity index (χ0v) is 80.2. The fourth-order valence-corrected chi connectivity index (χ4v) is 22.0. The van der Waals surface area contributed by atoms with Gasteiger partial charge in [-0.15, -0.1) is 5.10 Å². The first kappa shape index (κ1) is 104. The third-order valence-electron chi connectivity index (χ3n) is 28.1. The number of nitrogens with one attached hydrogen (secondary N) is 3. The van der Waals surface area contributed by atoms with Crippen molar-refractivity contribution in [1.29, 1.82) is 5.26 Å². The summed E-state index contributed by atoms with van der Waals surface area (Å²) >= 11 is 0. The second-order valence-electron chi connectivity index (χ2n) is 37.5. The molecule has 9 amide bonds. The molecule has 10 heterocycles. The number of nitrogens with zero attached hydrogens (tertiary/aromatic N) is 10. The first-order valence-electron chi connectivity index (χ1n) is 44.9. The van der Waals surface area contributed by atoms with Gasteiger partial charge < -0.3 is 130 Å². The number of rotatable bonds is 39. The van der Waals surface area contributed by atoms with E-state index in [4.69, 9.17) is 104 Å². The van der Waals surface area contributed by atoms with Crippen LogP contribution >= 0.6 is 7.82 Å². The number of nitrogens with two attached hydrogens (primary N) is 6. The Bertz CT molecular complexity index is 6050. The third kappa shape index (κ3) is 20.9. The van der Waals surface area contributed by atoms with E-state index in [9.17, 15) is 72.7 Å². The molecule has 6 aromatic rings. The number of phosphoric ester groups is 1. The number of aliphatic imine (C=N–C) groups is 3. The number of allylic oxidation sites excluding steroid dienone is 6. The Labute approximate surface area is 805 Å². The van der Waals surface area contributed by atoms with Gasteiger partial charge >= 0.3 is 28.8 Å². The van der Waals surface area contributed by atoms with Gasteiger partial charge in [-0.25, -0.2) is 19.3 Å². The summed E-state index contributed by atoms with van der Waals surface area (Å²) in [5, 5.41) is 61.2. The van der Waals surface area contributed by atoms with Gasteiger partial charge in [0.2, 0.25) is 41.4 Å². The van der Waals surface area contributed by atoms with Crippen LogP contribution in [0.25, 0.3) is 16.4 Å². The number of phenols is 2. The van der Waals surface area contributed by atoms with E-state index in [1.54, 1.807) is 52.1 Å². The van der Waals surface area contributed by atoms with Crippen molar-refractivity contribution in [2.45, 2.75) is 208 Å². The number of amides is 9. The molecule has 738 valence electrons. The van der Waals surface area contributed by atoms with E-state index in [0.717, 1.165) is 11.1 Å². The minimum atomic E-state index is -5.55. The second-order valence-corrected chi connectivity index (χ2v) is 38.8. The number of aromatic nitrogens is 5. The molecule has 2 aromatic heterocycles. The Morgan fingerprint density at radius 3 is 1.99 bits per heavy atom. The molecule has 2 saturated heterocycles. The van der Waals surface area contributed by atoms with Crippen LogP contribution < -0.4 is 60.0 Å². The van der Waals surface area contributed by atoms with Crippen molar-refractivity contribution in [3.63, 3.8) is 0 Å². The fourth-order valence-electron chi connectivity index (χ4n) is 20.9. The van der Waals surface area contributed by atoms with Crippen LogP contribution in [0.2, 0.25) is 0 Å². The maximum absolute atomic E-state index is 14.7. The van der Waals surface area contributed by atoms with Crippen LogP contribution in [0.5, 0.6) is 23.0 Å². The molecular weight excluding hydrogens is 1850 g/mol. The van der Waals surface area contributed by atoms with E-state index >= 15 is 0 Å². The predicted octanol–water partition coefficient (Wildman–Crippen LogP) is 6.38. The van der Waals surface area contributed by atoms with E-state index in [1.807, 2.05) is 59.8 Å². The van der Waals surface area contributed by atoms with Crippen molar-refractivity contribution >= 4 is 95.3 Å². The molecule has 44 heteroatoms. The van der Waals surface area contributed by atoms with Gasteiger partial charge in [0.25, 0.3) is 13.7 Å². The van der Waals surface area contributed by atoms with Gasteiger partial charge in [0.15, 0.2) is 11.8 Å². The molecule has 0 radical (unpaired) electrons. The Balaban J connectivity index is 0.00000566. The van der Waals surface area contributed by atoms with Crippen LogP contribution in [-0.4, -0.2) is 198 Å². The number of alkyl carbamates (subject to hydrolysis) is 1. The summed E-state index contributed by atoms with van der Waals surface area (Å²) < 4.78 is 64.0. The summed E-state index contributed by atoms with van der Waals surface area (Å²) in [4.78, 5) is 170. The molecule has 18 N–H and O–H groups in total. The fraction of sp³-hybridized carbons (Fsp3) is 0.500. The number of aliphatic hydroxyl groups excluding tert-OH is 1. The number of aromatic hydroxyl groups is 2. The molecule has 1 spiro atoms. The minimum absolute atomic E-state index is 0. The van der Waals surface area contributed by atoms with Crippen molar-refractivity contribution in [1.82, 2.24) is 40.5 Å². The number of hydrogen-bond acceptors (Lipinski definition) is 30. The number of imidazole rings is 1. The van der Waals surface area contributed by atoms with Gasteiger partial charge in [-0.2, -0.15) is 5.70 Å². The maximum Gasteiger partial charge on any atom is 3.00 e. The van der Waals surface area contributed by atoms with Crippen molar-refractivity contribution in [3.8, 4) is 23.0 Å². The SMILES string of the molecule is C/C1=C2/[N-][C@H]([C@H](CC(N)=O)[C@@]2(C)CCC(=O)NC[C@@H](C)OP(=O)([O-])O[C@H]2[C@@H](O)[C@@H](n3cnc4cc(C)c(C)cc43)O[C@@H]2COC(=O)NCCOCCOCCn2cc(CNC(=O)c3ccc4c(c3)C3(OC4=O)c4ccc(O)cc4Oc4cc(O)ccc43)nn2)[C@]2(C)N=C(/C(C)=C3N=C(/C=C4N=C1[C@@H](CCC(N)=O)C\4(C)C)[C@@H](CCC(N)=O)[C@]\3(C)CC(N)=O)[C@@H](CCC(N)=O)[C@]2(C)CC(N)=O.[C-]#N.[Co+3]. The molecule has 42 nitrogen and oxygen atoms in total. The first-order chi connectivity index (χ1) is 64.7. The van der Waals surface area contributed by atoms with Crippen LogP contribution in [0, 0.1) is 71.0 Å². The second kappa shape index (κ2) is 41.6. The van der Waals surface area contributed by atoms with E-state index in [0.29, 0.717) is 78.8 Å². The molecule has 8 aliphatic rings. The van der Waals surface area contributed by atoms with Gasteiger partial charge in [-0.05, 0) is 162 Å². The third-order valence-corrected chi connectivity index (χ3v) is 29.2. The summed E-state index contributed by atoms with van der Waals surface area (Å²) in [6, 6.07) is 15.8. The molecule has 1 unspecified atom stereocenters. The molecule has 0 saturated carbocycles. The van der Waals surface area contributed by atoms with Gasteiger partial charge in [-0.1, -0.05) is 45.9 Å².